The molecule has 31 heavy (non-hydrogen) atoms. The summed E-state index contributed by atoms with van der Waals surface area (Å²) >= 11 is 0. The third-order valence-corrected chi connectivity index (χ3v) is 6.72. The van der Waals surface area contributed by atoms with Crippen molar-refractivity contribution in [3.05, 3.63) is 36.7 Å². The topological polar surface area (TPSA) is 122 Å². The summed E-state index contributed by atoms with van der Waals surface area (Å²) in [6.45, 7) is 0.484. The molecule has 0 bridgehead atoms. The van der Waals surface area contributed by atoms with Crippen molar-refractivity contribution in [1.82, 2.24) is 34.0 Å². The Morgan fingerprint density at radius 3 is 2.52 bits per heavy atom. The average Bonchev–Trinajstić information content (AvgIpc) is 3.40. The average molecular weight is 456 g/mol. The number of hydrogen-bond acceptors (Lipinski definition) is 7. The van der Waals surface area contributed by atoms with Crippen LogP contribution in [-0.4, -0.2) is 61.6 Å². The molecule has 4 heterocycles. The molecule has 2 N–H and O–H groups in total. The van der Waals surface area contributed by atoms with Crippen LogP contribution in [0.2, 0.25) is 0 Å². The van der Waals surface area contributed by atoms with Gasteiger partial charge in [-0.2, -0.15) is 22.6 Å². The molecule has 0 atom stereocenters. The molecule has 14 heteroatoms. The van der Waals surface area contributed by atoms with Gasteiger partial charge in [-0.25, -0.2) is 23.4 Å². The van der Waals surface area contributed by atoms with Gasteiger partial charge in [0.15, 0.2) is 5.03 Å². The summed E-state index contributed by atoms with van der Waals surface area (Å²) in [6, 6.07) is -0.191. The van der Waals surface area contributed by atoms with Crippen LogP contribution < -0.4 is 5.32 Å². The van der Waals surface area contributed by atoms with E-state index in [1.165, 1.54) is 29.2 Å². The Kier molecular flexibility index (Phi) is 5.43. The maximum Gasteiger partial charge on any atom is 0.419 e. The van der Waals surface area contributed by atoms with Gasteiger partial charge in [0.05, 0.1) is 18.2 Å². The Morgan fingerprint density at radius 1 is 1.19 bits per heavy atom. The number of halogens is 3. The minimum atomic E-state index is -4.61. The molecule has 1 fully saturated rings. The minimum Gasteiger partial charge on any atom is -0.351 e. The van der Waals surface area contributed by atoms with Crippen LogP contribution in [0.15, 0.2) is 36.1 Å². The van der Waals surface area contributed by atoms with Crippen molar-refractivity contribution < 1.29 is 21.6 Å². The summed E-state index contributed by atoms with van der Waals surface area (Å²) in [6.07, 6.45) is 2.43. The maximum absolute atomic E-state index is 13.3. The number of aromatic nitrogens is 6. The Bertz CT molecular complexity index is 1150. The molecule has 1 aliphatic rings. The normalized spacial score (nSPS) is 16.5. The van der Waals surface area contributed by atoms with Crippen LogP contribution >= 0.6 is 0 Å². The van der Waals surface area contributed by atoms with E-state index in [9.17, 15) is 21.6 Å². The van der Waals surface area contributed by atoms with Gasteiger partial charge in [0.25, 0.3) is 10.0 Å². The zero-order valence-corrected chi connectivity index (χ0v) is 17.2. The third-order valence-electron chi connectivity index (χ3n) is 4.94. The Morgan fingerprint density at radius 2 is 1.94 bits per heavy atom. The number of alkyl halides is 3. The highest BCUT2D eigenvalue weighted by atomic mass is 32.2. The number of H-pyrrole nitrogens is 1. The Hall–Kier alpha value is -3.00. The van der Waals surface area contributed by atoms with Crippen molar-refractivity contribution in [2.24, 2.45) is 7.05 Å². The van der Waals surface area contributed by atoms with Crippen molar-refractivity contribution in [2.75, 3.05) is 18.4 Å². The maximum atomic E-state index is 13.3. The molecule has 1 aliphatic heterocycles. The van der Waals surface area contributed by atoms with Gasteiger partial charge in [0.1, 0.15) is 5.56 Å². The Labute approximate surface area is 175 Å². The highest BCUT2D eigenvalue weighted by Crippen LogP contribution is 2.35. The molecular formula is C17H19F3N8O2S. The molecule has 3 aromatic heterocycles. The van der Waals surface area contributed by atoms with Crippen molar-refractivity contribution in [3.63, 3.8) is 0 Å². The summed E-state index contributed by atoms with van der Waals surface area (Å²) in [5.74, 6) is 0.0373. The smallest absolute Gasteiger partial charge is 0.351 e. The summed E-state index contributed by atoms with van der Waals surface area (Å²) in [7, 11) is -2.00. The molecule has 0 saturated carbocycles. The number of imidazole rings is 1. The van der Waals surface area contributed by atoms with Crippen LogP contribution in [0, 0.1) is 0 Å². The highest BCUT2D eigenvalue weighted by molar-refractivity contribution is 7.89. The summed E-state index contributed by atoms with van der Waals surface area (Å²) < 4.78 is 68.2. The SMILES string of the molecule is Cn1cnc(S(=O)(=O)N2CCC(Nc3ncc(C(F)(F)F)c(-c4cn[nH]c4)n3)CC2)c1. The Balaban J connectivity index is 1.47. The number of aromatic amines is 1. The van der Waals surface area contributed by atoms with Gasteiger partial charge in [-0.15, -0.1) is 0 Å². The zero-order chi connectivity index (χ0) is 22.2. The first-order valence-electron chi connectivity index (χ1n) is 9.32. The third kappa shape index (κ3) is 4.39. The van der Waals surface area contributed by atoms with E-state index in [2.05, 4.69) is 30.5 Å². The minimum absolute atomic E-state index is 0.0164. The number of piperidine rings is 1. The summed E-state index contributed by atoms with van der Waals surface area (Å²) in [5, 5.41) is 9.16. The van der Waals surface area contributed by atoms with E-state index in [1.807, 2.05) is 0 Å². The van der Waals surface area contributed by atoms with Gasteiger partial charge >= 0.3 is 6.18 Å². The van der Waals surface area contributed by atoms with E-state index in [-0.39, 0.29) is 41.4 Å². The van der Waals surface area contributed by atoms with E-state index in [4.69, 9.17) is 0 Å². The first kappa shape index (κ1) is 21.2. The number of nitrogens with one attached hydrogen (secondary N) is 2. The lowest BCUT2D eigenvalue weighted by molar-refractivity contribution is -0.137. The van der Waals surface area contributed by atoms with Crippen LogP contribution in [0.3, 0.4) is 0 Å². The predicted molar refractivity (Wildman–Crippen MR) is 103 cm³/mol. The molecule has 10 nitrogen and oxygen atoms in total. The number of anilines is 1. The molecule has 0 amide bonds. The first-order chi connectivity index (χ1) is 14.6. The standard InChI is InChI=1S/C17H19F3N8O2S/c1-27-9-14(22-10-27)31(29,30)28-4-2-12(3-5-28)25-16-21-8-13(17(18,19)20)15(26-16)11-6-23-24-7-11/h6-10,12H,2-5H2,1H3,(H,23,24)(H,21,25,26). The van der Waals surface area contributed by atoms with Crippen molar-refractivity contribution in [2.45, 2.75) is 30.1 Å². The molecular weight excluding hydrogens is 437 g/mol. The molecule has 4 rings (SSSR count). The zero-order valence-electron chi connectivity index (χ0n) is 16.3. The lowest BCUT2D eigenvalue weighted by atomic mass is 10.1. The van der Waals surface area contributed by atoms with Gasteiger partial charge in [-0.05, 0) is 12.8 Å². The molecule has 0 spiro atoms. The molecule has 166 valence electrons. The van der Waals surface area contributed by atoms with Crippen LogP contribution in [0.1, 0.15) is 18.4 Å². The first-order valence-corrected chi connectivity index (χ1v) is 10.8. The second kappa shape index (κ2) is 7.92. The quantitative estimate of drug-likeness (QED) is 0.601. The van der Waals surface area contributed by atoms with Crippen LogP contribution in [0.5, 0.6) is 0 Å². The summed E-state index contributed by atoms with van der Waals surface area (Å²) in [5.41, 5.74) is -1.06. The largest absolute Gasteiger partial charge is 0.419 e. The van der Waals surface area contributed by atoms with Gasteiger partial charge in [-0.1, -0.05) is 0 Å². The number of rotatable bonds is 5. The number of sulfonamides is 1. The van der Waals surface area contributed by atoms with Crippen LogP contribution in [-0.2, 0) is 23.2 Å². The second-order valence-corrected chi connectivity index (χ2v) is 9.03. The van der Waals surface area contributed by atoms with E-state index >= 15 is 0 Å². The summed E-state index contributed by atoms with van der Waals surface area (Å²) in [4.78, 5) is 11.8. The van der Waals surface area contributed by atoms with Crippen LogP contribution in [0.25, 0.3) is 11.3 Å². The van der Waals surface area contributed by atoms with Gasteiger partial charge in [0, 0.05) is 50.3 Å². The predicted octanol–water partition coefficient (Wildman–Crippen LogP) is 1.88. The lowest BCUT2D eigenvalue weighted by Gasteiger charge is -2.31. The molecule has 3 aromatic rings. The molecule has 0 aliphatic carbocycles. The van der Waals surface area contributed by atoms with E-state index in [0.717, 1.165) is 6.20 Å². The molecule has 0 radical (unpaired) electrons. The fraction of sp³-hybridized carbons (Fsp3) is 0.412. The van der Waals surface area contributed by atoms with Gasteiger partial charge < -0.3 is 9.88 Å². The fourth-order valence-electron chi connectivity index (χ4n) is 3.34. The van der Waals surface area contributed by atoms with E-state index in [0.29, 0.717) is 12.8 Å². The number of nitrogens with zero attached hydrogens (tertiary/aromatic N) is 6. The fourth-order valence-corrected chi connectivity index (χ4v) is 4.77. The number of aryl methyl sites for hydroxylation is 1. The van der Waals surface area contributed by atoms with E-state index in [1.54, 1.807) is 11.6 Å². The molecule has 1 saturated heterocycles. The lowest BCUT2D eigenvalue weighted by Crippen LogP contribution is -2.42. The van der Waals surface area contributed by atoms with Crippen molar-refractivity contribution in [3.8, 4) is 11.3 Å². The van der Waals surface area contributed by atoms with Gasteiger partial charge in [-0.3, -0.25) is 5.10 Å². The molecule has 0 unspecified atom stereocenters. The number of hydrogen-bond donors (Lipinski definition) is 2. The second-order valence-electron chi connectivity index (χ2n) is 7.14. The monoisotopic (exact) mass is 456 g/mol. The van der Waals surface area contributed by atoms with E-state index < -0.39 is 21.8 Å². The molecule has 0 aromatic carbocycles. The van der Waals surface area contributed by atoms with Crippen molar-refractivity contribution >= 4 is 16.0 Å². The van der Waals surface area contributed by atoms with Crippen LogP contribution in [0.4, 0.5) is 19.1 Å². The highest BCUT2D eigenvalue weighted by Gasteiger charge is 2.36. The van der Waals surface area contributed by atoms with Gasteiger partial charge in [0.2, 0.25) is 5.95 Å². The van der Waals surface area contributed by atoms with Crippen molar-refractivity contribution in [1.29, 1.82) is 0 Å².